The summed E-state index contributed by atoms with van der Waals surface area (Å²) in [6.45, 7) is 1.20. The highest BCUT2D eigenvalue weighted by atomic mass is 32.1. The van der Waals surface area contributed by atoms with Gasteiger partial charge in [-0.1, -0.05) is 6.07 Å². The van der Waals surface area contributed by atoms with E-state index in [0.717, 1.165) is 4.88 Å². The Kier molecular flexibility index (Phi) is 3.16. The van der Waals surface area contributed by atoms with E-state index >= 15 is 0 Å². The van der Waals surface area contributed by atoms with Crippen LogP contribution in [-0.4, -0.2) is 29.7 Å². The van der Waals surface area contributed by atoms with Crippen molar-refractivity contribution in [3.8, 4) is 0 Å². The SMILES string of the molecule is O=C1CCN(C(=O)Cc2cccs2)CC1. The average Bonchev–Trinajstić information content (AvgIpc) is 2.71. The maximum Gasteiger partial charge on any atom is 0.227 e. The molecule has 0 aliphatic carbocycles. The first-order valence-corrected chi connectivity index (χ1v) is 5.95. The van der Waals surface area contributed by atoms with Crippen molar-refractivity contribution in [2.75, 3.05) is 13.1 Å². The Morgan fingerprint density at radius 3 is 2.73 bits per heavy atom. The van der Waals surface area contributed by atoms with Gasteiger partial charge in [-0.05, 0) is 11.4 Å². The number of Topliss-reactive ketones (excluding diaryl/α,β-unsaturated/α-hetero) is 1. The maximum atomic E-state index is 11.8. The summed E-state index contributed by atoms with van der Waals surface area (Å²) in [6.07, 6.45) is 1.53. The number of carbonyl (C=O) groups excluding carboxylic acids is 2. The monoisotopic (exact) mass is 223 g/mol. The van der Waals surface area contributed by atoms with Gasteiger partial charge >= 0.3 is 0 Å². The summed E-state index contributed by atoms with van der Waals surface area (Å²) >= 11 is 1.60. The van der Waals surface area contributed by atoms with Crippen molar-refractivity contribution in [3.05, 3.63) is 22.4 Å². The van der Waals surface area contributed by atoms with Crippen molar-refractivity contribution >= 4 is 23.0 Å². The molecule has 0 aromatic carbocycles. The molecule has 1 aliphatic heterocycles. The molecule has 15 heavy (non-hydrogen) atoms. The molecule has 0 radical (unpaired) electrons. The third-order valence-corrected chi connectivity index (χ3v) is 3.46. The molecule has 1 aliphatic rings. The van der Waals surface area contributed by atoms with Crippen LogP contribution in [0.5, 0.6) is 0 Å². The van der Waals surface area contributed by atoms with Crippen LogP contribution in [0.15, 0.2) is 17.5 Å². The topological polar surface area (TPSA) is 37.4 Å². The van der Waals surface area contributed by atoms with Gasteiger partial charge in [0.1, 0.15) is 5.78 Å². The van der Waals surface area contributed by atoms with Crippen LogP contribution in [0.4, 0.5) is 0 Å². The standard InChI is InChI=1S/C11H13NO2S/c13-9-3-5-12(6-4-9)11(14)8-10-2-1-7-15-10/h1-2,7H,3-6,8H2. The Labute approximate surface area is 92.7 Å². The van der Waals surface area contributed by atoms with Crippen molar-refractivity contribution in [1.29, 1.82) is 0 Å². The molecule has 1 aromatic heterocycles. The molecule has 1 saturated heterocycles. The first kappa shape index (κ1) is 10.4. The van der Waals surface area contributed by atoms with Crippen LogP contribution in [0.3, 0.4) is 0 Å². The summed E-state index contributed by atoms with van der Waals surface area (Å²) in [5.74, 6) is 0.417. The number of ketones is 1. The van der Waals surface area contributed by atoms with Crippen molar-refractivity contribution in [2.24, 2.45) is 0 Å². The fraction of sp³-hybridized carbons (Fsp3) is 0.455. The number of carbonyl (C=O) groups is 2. The Bertz CT molecular complexity index is 349. The molecule has 2 rings (SSSR count). The molecule has 0 N–H and O–H groups in total. The van der Waals surface area contributed by atoms with Crippen LogP contribution in [0.1, 0.15) is 17.7 Å². The van der Waals surface area contributed by atoms with Crippen molar-refractivity contribution in [1.82, 2.24) is 4.90 Å². The predicted molar refractivity (Wildman–Crippen MR) is 58.8 cm³/mol. The molecule has 1 aromatic rings. The van der Waals surface area contributed by atoms with Crippen LogP contribution < -0.4 is 0 Å². The minimum atomic E-state index is 0.143. The quantitative estimate of drug-likeness (QED) is 0.761. The molecular weight excluding hydrogens is 210 g/mol. The van der Waals surface area contributed by atoms with Gasteiger partial charge in [-0.3, -0.25) is 9.59 Å². The molecule has 1 fully saturated rings. The summed E-state index contributed by atoms with van der Waals surface area (Å²) in [4.78, 5) is 25.7. The highest BCUT2D eigenvalue weighted by Gasteiger charge is 2.20. The largest absolute Gasteiger partial charge is 0.342 e. The molecule has 0 bridgehead atoms. The fourth-order valence-electron chi connectivity index (χ4n) is 1.68. The number of amides is 1. The third-order valence-electron chi connectivity index (χ3n) is 2.58. The van der Waals surface area contributed by atoms with Crippen LogP contribution in [0.25, 0.3) is 0 Å². The van der Waals surface area contributed by atoms with Crippen LogP contribution in [0, 0.1) is 0 Å². The second-order valence-electron chi connectivity index (χ2n) is 3.68. The molecule has 0 saturated carbocycles. The number of likely N-dealkylation sites (tertiary alicyclic amines) is 1. The molecule has 0 unspecified atom stereocenters. The Morgan fingerprint density at radius 1 is 1.40 bits per heavy atom. The van der Waals surface area contributed by atoms with Gasteiger partial charge in [-0.2, -0.15) is 0 Å². The van der Waals surface area contributed by atoms with Crippen LogP contribution in [-0.2, 0) is 16.0 Å². The van der Waals surface area contributed by atoms with E-state index in [9.17, 15) is 9.59 Å². The number of rotatable bonds is 2. The fourth-order valence-corrected chi connectivity index (χ4v) is 2.38. The maximum absolute atomic E-state index is 11.8. The summed E-state index contributed by atoms with van der Waals surface area (Å²) in [5.41, 5.74) is 0. The molecule has 3 nitrogen and oxygen atoms in total. The van der Waals surface area contributed by atoms with Crippen molar-refractivity contribution in [3.63, 3.8) is 0 Å². The minimum Gasteiger partial charge on any atom is -0.342 e. The number of piperidine rings is 1. The highest BCUT2D eigenvalue weighted by Crippen LogP contribution is 2.13. The normalized spacial score (nSPS) is 16.8. The number of hydrogen-bond donors (Lipinski definition) is 0. The zero-order valence-electron chi connectivity index (χ0n) is 8.44. The lowest BCUT2D eigenvalue weighted by Crippen LogP contribution is -2.39. The smallest absolute Gasteiger partial charge is 0.227 e. The third kappa shape index (κ3) is 2.65. The number of thiophene rings is 1. The van der Waals surface area contributed by atoms with Crippen LogP contribution in [0.2, 0.25) is 0 Å². The molecule has 4 heteroatoms. The molecule has 1 amide bonds. The van der Waals surface area contributed by atoms with E-state index in [1.54, 1.807) is 16.2 Å². The van der Waals surface area contributed by atoms with Crippen molar-refractivity contribution < 1.29 is 9.59 Å². The molecule has 0 atom stereocenters. The van der Waals surface area contributed by atoms with E-state index in [1.807, 2.05) is 17.5 Å². The first-order valence-electron chi connectivity index (χ1n) is 5.07. The highest BCUT2D eigenvalue weighted by molar-refractivity contribution is 7.10. The molecular formula is C11H13NO2S. The Hall–Kier alpha value is -1.16. The van der Waals surface area contributed by atoms with E-state index < -0.39 is 0 Å². The Morgan fingerprint density at radius 2 is 2.13 bits per heavy atom. The zero-order chi connectivity index (χ0) is 10.7. The van der Waals surface area contributed by atoms with E-state index in [-0.39, 0.29) is 11.7 Å². The first-order chi connectivity index (χ1) is 7.25. The van der Waals surface area contributed by atoms with Gasteiger partial charge < -0.3 is 4.90 Å². The number of hydrogen-bond acceptors (Lipinski definition) is 3. The number of nitrogens with zero attached hydrogens (tertiary/aromatic N) is 1. The molecule has 2 heterocycles. The minimum absolute atomic E-state index is 0.143. The summed E-state index contributed by atoms with van der Waals surface area (Å²) in [7, 11) is 0. The van der Waals surface area contributed by atoms with Gasteiger partial charge in [0, 0.05) is 30.8 Å². The summed E-state index contributed by atoms with van der Waals surface area (Å²) in [5, 5.41) is 1.97. The zero-order valence-corrected chi connectivity index (χ0v) is 9.26. The molecule has 0 spiro atoms. The summed E-state index contributed by atoms with van der Waals surface area (Å²) in [6, 6.07) is 3.92. The summed E-state index contributed by atoms with van der Waals surface area (Å²) < 4.78 is 0. The van der Waals surface area contributed by atoms with Gasteiger partial charge in [0.2, 0.25) is 5.91 Å². The lowest BCUT2D eigenvalue weighted by atomic mass is 10.1. The van der Waals surface area contributed by atoms with Gasteiger partial charge in [0.15, 0.2) is 0 Å². The van der Waals surface area contributed by atoms with Crippen molar-refractivity contribution in [2.45, 2.75) is 19.3 Å². The van der Waals surface area contributed by atoms with Gasteiger partial charge in [0.05, 0.1) is 6.42 Å². The predicted octanol–water partition coefficient (Wildman–Crippen LogP) is 1.48. The van der Waals surface area contributed by atoms with E-state index in [0.29, 0.717) is 32.4 Å². The lowest BCUT2D eigenvalue weighted by Gasteiger charge is -2.25. The molecule has 80 valence electrons. The second kappa shape index (κ2) is 4.57. The van der Waals surface area contributed by atoms with Gasteiger partial charge in [-0.25, -0.2) is 0 Å². The van der Waals surface area contributed by atoms with E-state index in [2.05, 4.69) is 0 Å². The second-order valence-corrected chi connectivity index (χ2v) is 4.71. The van der Waals surface area contributed by atoms with Gasteiger partial charge in [-0.15, -0.1) is 11.3 Å². The average molecular weight is 223 g/mol. The Balaban J connectivity index is 1.89. The van der Waals surface area contributed by atoms with E-state index in [1.165, 1.54) is 0 Å². The van der Waals surface area contributed by atoms with Gasteiger partial charge in [0.25, 0.3) is 0 Å². The lowest BCUT2D eigenvalue weighted by molar-refractivity contribution is -0.133. The van der Waals surface area contributed by atoms with E-state index in [4.69, 9.17) is 0 Å². The van der Waals surface area contributed by atoms with Crippen LogP contribution >= 0.6 is 11.3 Å².